The van der Waals surface area contributed by atoms with Crippen LogP contribution >= 0.6 is 7.82 Å². The fraction of sp³-hybridized carbons (Fsp3) is 0.765. The number of aliphatic hydroxyl groups is 5. The van der Waals surface area contributed by atoms with Crippen LogP contribution in [0.15, 0.2) is 60.8 Å². The molecule has 0 aromatic rings. The third-order valence-corrected chi connectivity index (χ3v) is 12.3. The van der Waals surface area contributed by atoms with E-state index in [1.165, 1.54) is 57.8 Å². The van der Waals surface area contributed by atoms with E-state index in [4.69, 9.17) is 18.5 Å². The zero-order chi connectivity index (χ0) is 47.8. The summed E-state index contributed by atoms with van der Waals surface area (Å²) in [6, 6.07) is 0. The molecule has 14 heteroatoms. The van der Waals surface area contributed by atoms with E-state index in [0.717, 1.165) is 96.3 Å². The van der Waals surface area contributed by atoms with Crippen molar-refractivity contribution in [2.75, 3.05) is 13.2 Å². The monoisotopic (exact) mass is 941 g/mol. The second-order valence-electron chi connectivity index (χ2n) is 17.3. The fourth-order valence-electron chi connectivity index (χ4n) is 7.33. The number of hydrogen-bond donors (Lipinski definition) is 6. The predicted octanol–water partition coefficient (Wildman–Crippen LogP) is 10.5. The summed E-state index contributed by atoms with van der Waals surface area (Å²) in [6.07, 6.45) is 36.9. The molecule has 6 atom stereocenters. The van der Waals surface area contributed by atoms with Crippen molar-refractivity contribution in [2.45, 2.75) is 236 Å². The van der Waals surface area contributed by atoms with Crippen molar-refractivity contribution in [2.24, 2.45) is 0 Å². The highest BCUT2D eigenvalue weighted by Crippen LogP contribution is 2.47. The summed E-state index contributed by atoms with van der Waals surface area (Å²) in [4.78, 5) is 35.8. The molecule has 6 N–H and O–H groups in total. The zero-order valence-electron chi connectivity index (χ0n) is 40.0. The number of carbonyl (C=O) groups excluding carboxylic acids is 2. The molecule has 1 rings (SSSR count). The number of ether oxygens (including phenoxy) is 2. The molecule has 0 bridgehead atoms. The molecule has 1 aliphatic carbocycles. The van der Waals surface area contributed by atoms with Gasteiger partial charge in [-0.25, -0.2) is 4.57 Å². The topological polar surface area (TPSA) is 210 Å². The number of carbonyl (C=O) groups is 2. The van der Waals surface area contributed by atoms with Gasteiger partial charge in [-0.2, -0.15) is 0 Å². The number of unbranched alkanes of at least 4 members (excludes halogenated alkanes) is 19. The fourth-order valence-corrected chi connectivity index (χ4v) is 8.30. The number of allylic oxidation sites excluding steroid dienone is 10. The van der Waals surface area contributed by atoms with Crippen molar-refractivity contribution in [3.05, 3.63) is 60.8 Å². The van der Waals surface area contributed by atoms with Crippen LogP contribution in [0, 0.1) is 0 Å². The van der Waals surface area contributed by atoms with Crippen LogP contribution in [0.4, 0.5) is 0 Å². The van der Waals surface area contributed by atoms with Gasteiger partial charge in [0.2, 0.25) is 0 Å². The average molecular weight is 941 g/mol. The van der Waals surface area contributed by atoms with Gasteiger partial charge in [-0.15, -0.1) is 0 Å². The molecular weight excluding hydrogens is 852 g/mol. The molecule has 1 aliphatic rings. The summed E-state index contributed by atoms with van der Waals surface area (Å²) in [7, 11) is -5.13. The van der Waals surface area contributed by atoms with E-state index in [-0.39, 0.29) is 12.8 Å². The highest BCUT2D eigenvalue weighted by molar-refractivity contribution is 7.47. The van der Waals surface area contributed by atoms with E-state index in [1.807, 2.05) is 0 Å². The Morgan fingerprint density at radius 2 is 0.877 bits per heavy atom. The first-order chi connectivity index (χ1) is 31.4. The van der Waals surface area contributed by atoms with Crippen molar-refractivity contribution in [1.29, 1.82) is 0 Å². The summed E-state index contributed by atoms with van der Waals surface area (Å²) in [5, 5.41) is 50.2. The van der Waals surface area contributed by atoms with Crippen LogP contribution < -0.4 is 0 Å². The van der Waals surface area contributed by atoms with E-state index in [9.17, 15) is 44.6 Å². The summed E-state index contributed by atoms with van der Waals surface area (Å²) in [5.74, 6) is -1.12. The number of phosphoric ester groups is 1. The van der Waals surface area contributed by atoms with Crippen LogP contribution in [-0.4, -0.2) is 98.3 Å². The molecule has 0 heterocycles. The first-order valence-electron chi connectivity index (χ1n) is 25.1. The minimum atomic E-state index is -5.13. The summed E-state index contributed by atoms with van der Waals surface area (Å²) >= 11 is 0. The minimum absolute atomic E-state index is 0.0776. The molecule has 1 saturated carbocycles. The molecule has 65 heavy (non-hydrogen) atoms. The Bertz CT molecular complexity index is 1370. The zero-order valence-corrected chi connectivity index (χ0v) is 40.9. The maximum Gasteiger partial charge on any atom is 0.472 e. The first kappa shape index (κ1) is 60.6. The van der Waals surface area contributed by atoms with Gasteiger partial charge in [0, 0.05) is 12.8 Å². The van der Waals surface area contributed by atoms with Gasteiger partial charge < -0.3 is 39.9 Å². The Kier molecular flexibility index (Phi) is 37.8. The van der Waals surface area contributed by atoms with Gasteiger partial charge in [0.1, 0.15) is 43.2 Å². The number of hydrogen-bond acceptors (Lipinski definition) is 12. The predicted molar refractivity (Wildman–Crippen MR) is 258 cm³/mol. The molecular formula is C51H89O13P. The summed E-state index contributed by atoms with van der Waals surface area (Å²) in [5.41, 5.74) is 0. The normalized spacial score (nSPS) is 21.9. The lowest BCUT2D eigenvalue weighted by Gasteiger charge is -2.41. The standard InChI is InChI=1S/C51H89O13P/c1-3-5-7-9-11-13-15-17-19-21-22-24-26-28-30-32-34-36-38-40-45(53)63-43(42-62-65(59,60)64-51-49(57)47(55)46(54)48(56)50(51)58)41-61-44(52)39-37-35-33-31-29-27-25-23-20-18-16-14-12-10-8-6-4-2/h5,7,11,13,17-20,22,24,43,46-51,54-58H,3-4,6,8-10,12,14-16,21,23,25-42H2,1-2H3,(H,59,60)/b7-5-,13-11-,19-17-,20-18-,24-22-. The number of aliphatic hydroxyl groups excluding tert-OH is 5. The molecule has 376 valence electrons. The molecule has 1 fully saturated rings. The quantitative estimate of drug-likeness (QED) is 0.0146. The summed E-state index contributed by atoms with van der Waals surface area (Å²) < 4.78 is 33.6. The van der Waals surface area contributed by atoms with Gasteiger partial charge in [0.15, 0.2) is 6.10 Å². The highest BCUT2D eigenvalue weighted by atomic mass is 31.2. The van der Waals surface area contributed by atoms with Gasteiger partial charge >= 0.3 is 19.8 Å². The van der Waals surface area contributed by atoms with E-state index in [2.05, 4.69) is 74.6 Å². The van der Waals surface area contributed by atoms with Crippen molar-refractivity contribution in [3.63, 3.8) is 0 Å². The molecule has 0 aromatic heterocycles. The van der Waals surface area contributed by atoms with E-state index < -0.39 is 75.7 Å². The first-order valence-corrected chi connectivity index (χ1v) is 26.6. The maximum absolute atomic E-state index is 12.8. The maximum atomic E-state index is 12.8. The van der Waals surface area contributed by atoms with E-state index in [1.54, 1.807) is 0 Å². The van der Waals surface area contributed by atoms with Gasteiger partial charge in [0.05, 0.1) is 6.61 Å². The molecule has 6 unspecified atom stereocenters. The lowest BCUT2D eigenvalue weighted by atomic mass is 9.85. The van der Waals surface area contributed by atoms with Crippen molar-refractivity contribution in [3.8, 4) is 0 Å². The Balaban J connectivity index is 2.43. The Hall–Kier alpha value is -2.45. The molecule has 0 amide bonds. The van der Waals surface area contributed by atoms with Crippen molar-refractivity contribution >= 4 is 19.8 Å². The van der Waals surface area contributed by atoms with Crippen LogP contribution in [-0.2, 0) is 32.7 Å². The van der Waals surface area contributed by atoms with Gasteiger partial charge in [0.25, 0.3) is 0 Å². The largest absolute Gasteiger partial charge is 0.472 e. The van der Waals surface area contributed by atoms with Crippen LogP contribution in [0.5, 0.6) is 0 Å². The molecule has 0 spiro atoms. The summed E-state index contributed by atoms with van der Waals surface area (Å²) in [6.45, 7) is 3.18. The van der Waals surface area contributed by atoms with Gasteiger partial charge in [-0.1, -0.05) is 164 Å². The van der Waals surface area contributed by atoms with Crippen LogP contribution in [0.3, 0.4) is 0 Å². The molecule has 13 nitrogen and oxygen atoms in total. The van der Waals surface area contributed by atoms with Crippen LogP contribution in [0.25, 0.3) is 0 Å². The minimum Gasteiger partial charge on any atom is -0.462 e. The third kappa shape index (κ3) is 32.8. The van der Waals surface area contributed by atoms with Crippen molar-refractivity contribution in [1.82, 2.24) is 0 Å². The van der Waals surface area contributed by atoms with E-state index in [0.29, 0.717) is 12.8 Å². The SMILES string of the molecule is CC/C=C\C/C=C\C/C=C\C/C=C\CCCCCCCCC(=O)OC(COC(=O)CCCCCCCCC/C=C\CCCCCCCC)COP(=O)(O)OC1C(O)C(O)C(O)C(O)C1O. The van der Waals surface area contributed by atoms with Gasteiger partial charge in [-0.3, -0.25) is 18.6 Å². The molecule has 0 saturated heterocycles. The second kappa shape index (κ2) is 40.6. The average Bonchev–Trinajstić information content (AvgIpc) is 3.29. The Morgan fingerprint density at radius 1 is 0.492 bits per heavy atom. The van der Waals surface area contributed by atoms with Crippen molar-refractivity contribution < 1.29 is 63.1 Å². The van der Waals surface area contributed by atoms with Crippen LogP contribution in [0.1, 0.15) is 194 Å². The molecule has 0 aromatic carbocycles. The Morgan fingerprint density at radius 3 is 1.35 bits per heavy atom. The lowest BCUT2D eigenvalue weighted by Crippen LogP contribution is -2.64. The second-order valence-corrected chi connectivity index (χ2v) is 18.7. The number of phosphoric acid groups is 1. The van der Waals surface area contributed by atoms with Crippen LogP contribution in [0.2, 0.25) is 0 Å². The smallest absolute Gasteiger partial charge is 0.462 e. The molecule has 0 aliphatic heterocycles. The number of rotatable bonds is 41. The third-order valence-electron chi connectivity index (χ3n) is 11.3. The highest BCUT2D eigenvalue weighted by Gasteiger charge is 2.51. The van der Waals surface area contributed by atoms with E-state index >= 15 is 0 Å². The Labute approximate surface area is 392 Å². The molecule has 0 radical (unpaired) electrons. The lowest BCUT2D eigenvalue weighted by molar-refractivity contribution is -0.220. The number of esters is 2. The van der Waals surface area contributed by atoms with Gasteiger partial charge in [-0.05, 0) is 77.0 Å².